The van der Waals surface area contributed by atoms with Gasteiger partial charge in [-0.3, -0.25) is 9.80 Å². The molecule has 4 rings (SSSR count). The van der Waals surface area contributed by atoms with Gasteiger partial charge >= 0.3 is 0 Å². The summed E-state index contributed by atoms with van der Waals surface area (Å²) in [5.74, 6) is 1.22. The topological polar surface area (TPSA) is 91.7 Å². The molecule has 8 heteroatoms. The lowest BCUT2D eigenvalue weighted by Gasteiger charge is -2.39. The van der Waals surface area contributed by atoms with Gasteiger partial charge in [0.05, 0.1) is 26.0 Å². The molecule has 8 nitrogen and oxygen atoms in total. The number of carbonyl (C=O) groups excluding carboxylic acids is 2. The molecule has 1 N–H and O–H groups in total. The van der Waals surface area contributed by atoms with E-state index in [-0.39, 0.29) is 17.7 Å². The summed E-state index contributed by atoms with van der Waals surface area (Å²) in [5, 5.41) is 16.6. The van der Waals surface area contributed by atoms with Crippen LogP contribution in [0.1, 0.15) is 42.6 Å². The van der Waals surface area contributed by atoms with E-state index in [2.05, 4.69) is 0 Å². The van der Waals surface area contributed by atoms with Gasteiger partial charge in [-0.2, -0.15) is 5.10 Å². The molecule has 2 aliphatic rings. The molecule has 1 fully saturated rings. The van der Waals surface area contributed by atoms with Gasteiger partial charge in [0.25, 0.3) is 5.91 Å². The minimum Gasteiger partial charge on any atom is -0.508 e. The normalized spacial score (nSPS) is 20.1. The molecule has 1 atom stereocenters. The van der Waals surface area contributed by atoms with Crippen LogP contribution in [0.5, 0.6) is 17.2 Å². The van der Waals surface area contributed by atoms with E-state index < -0.39 is 11.5 Å². The number of hydrogen-bond acceptors (Lipinski definition) is 7. The smallest absolute Gasteiger partial charge is 0.253 e. The van der Waals surface area contributed by atoms with Crippen LogP contribution in [0.2, 0.25) is 0 Å². The lowest BCUT2D eigenvalue weighted by Crippen LogP contribution is -2.50. The van der Waals surface area contributed by atoms with Crippen LogP contribution in [0.3, 0.4) is 0 Å². The summed E-state index contributed by atoms with van der Waals surface area (Å²) in [6.45, 7) is 5.18. The molecule has 1 saturated heterocycles. The molecule has 0 bridgehead atoms. The number of aromatic hydroxyl groups is 1. The van der Waals surface area contributed by atoms with Crippen molar-refractivity contribution in [3.05, 3.63) is 53.6 Å². The first-order chi connectivity index (χ1) is 16.3. The van der Waals surface area contributed by atoms with Crippen molar-refractivity contribution in [2.24, 2.45) is 10.5 Å². The minimum absolute atomic E-state index is 0.0420. The van der Waals surface area contributed by atoms with Crippen LogP contribution in [0.25, 0.3) is 0 Å². The summed E-state index contributed by atoms with van der Waals surface area (Å²) in [6.07, 6.45) is 2.38. The Bertz CT molecular complexity index is 1110. The number of methoxy groups -OCH3 is 2. The van der Waals surface area contributed by atoms with Crippen molar-refractivity contribution in [3.63, 3.8) is 0 Å². The maximum Gasteiger partial charge on any atom is 0.253 e. The highest BCUT2D eigenvalue weighted by atomic mass is 16.5. The second-order valence-electron chi connectivity index (χ2n) is 9.27. The number of piperidine rings is 1. The van der Waals surface area contributed by atoms with E-state index in [9.17, 15) is 14.7 Å². The van der Waals surface area contributed by atoms with Crippen LogP contribution in [-0.4, -0.2) is 72.3 Å². The summed E-state index contributed by atoms with van der Waals surface area (Å²) in [7, 11) is 3.19. The number of amides is 1. The quantitative estimate of drug-likeness (QED) is 0.658. The fourth-order valence-corrected chi connectivity index (χ4v) is 4.89. The van der Waals surface area contributed by atoms with Gasteiger partial charge in [0.1, 0.15) is 18.1 Å². The van der Waals surface area contributed by atoms with Gasteiger partial charge in [0.2, 0.25) is 0 Å². The van der Waals surface area contributed by atoms with Gasteiger partial charge in [0.15, 0.2) is 11.5 Å². The zero-order valence-corrected chi connectivity index (χ0v) is 20.0. The zero-order chi connectivity index (χ0) is 24.5. The summed E-state index contributed by atoms with van der Waals surface area (Å²) in [4.78, 5) is 26.9. The summed E-state index contributed by atoms with van der Waals surface area (Å²) in [5.41, 5.74) is 1.67. The lowest BCUT2D eigenvalue weighted by atomic mass is 9.78. The Balaban J connectivity index is 1.54. The Kier molecular flexibility index (Phi) is 6.50. The van der Waals surface area contributed by atoms with Gasteiger partial charge in [-0.1, -0.05) is 19.9 Å². The molecule has 2 aliphatic heterocycles. The van der Waals surface area contributed by atoms with Crippen molar-refractivity contribution >= 4 is 17.9 Å². The number of benzene rings is 2. The first kappa shape index (κ1) is 23.6. The first-order valence-corrected chi connectivity index (χ1v) is 11.4. The van der Waals surface area contributed by atoms with Crippen molar-refractivity contribution in [2.45, 2.75) is 38.8 Å². The SMILES string of the molecule is COc1ccc(C2=NN(C3CCN(C(=O)c4cccc(O)c4)CC3)C(C=O)C2(C)C)cc1OC. The van der Waals surface area contributed by atoms with Gasteiger partial charge in [0, 0.05) is 29.6 Å². The third-order valence-corrected chi connectivity index (χ3v) is 6.86. The highest BCUT2D eigenvalue weighted by Crippen LogP contribution is 2.40. The number of nitrogens with zero attached hydrogens (tertiary/aromatic N) is 3. The van der Waals surface area contributed by atoms with Crippen molar-refractivity contribution in [3.8, 4) is 17.2 Å². The van der Waals surface area contributed by atoms with E-state index >= 15 is 0 Å². The number of phenolic OH excluding ortho intramolecular Hbond substituents is 1. The van der Waals surface area contributed by atoms with Crippen molar-refractivity contribution in [1.29, 1.82) is 0 Å². The third kappa shape index (κ3) is 4.20. The molecular formula is C26H31N3O5. The number of hydrogen-bond donors (Lipinski definition) is 1. The zero-order valence-electron chi connectivity index (χ0n) is 20.0. The fourth-order valence-electron chi connectivity index (χ4n) is 4.89. The average molecular weight is 466 g/mol. The number of ether oxygens (including phenoxy) is 2. The van der Waals surface area contributed by atoms with Crippen molar-refractivity contribution < 1.29 is 24.2 Å². The Labute approximate surface area is 199 Å². The van der Waals surface area contributed by atoms with Gasteiger partial charge in [-0.15, -0.1) is 0 Å². The van der Waals surface area contributed by atoms with E-state index in [0.717, 1.165) is 17.6 Å². The monoisotopic (exact) mass is 465 g/mol. The Morgan fingerprint density at radius 2 is 1.79 bits per heavy atom. The second kappa shape index (κ2) is 9.37. The molecule has 0 aromatic heterocycles. The fraction of sp³-hybridized carbons (Fsp3) is 0.423. The molecule has 2 aromatic rings. The van der Waals surface area contributed by atoms with Gasteiger partial charge in [-0.25, -0.2) is 0 Å². The Morgan fingerprint density at radius 1 is 1.09 bits per heavy atom. The average Bonchev–Trinajstić information content (AvgIpc) is 3.13. The minimum atomic E-state index is -0.504. The van der Waals surface area contributed by atoms with Crippen LogP contribution in [-0.2, 0) is 4.79 Å². The van der Waals surface area contributed by atoms with Crippen LogP contribution < -0.4 is 9.47 Å². The maximum absolute atomic E-state index is 12.8. The predicted octanol–water partition coefficient (Wildman–Crippen LogP) is 3.33. The highest BCUT2D eigenvalue weighted by molar-refractivity contribution is 6.07. The maximum atomic E-state index is 12.8. The van der Waals surface area contributed by atoms with Crippen LogP contribution in [0.15, 0.2) is 47.6 Å². The standard InChI is InChI=1S/C26H31N3O5/c1-26(2)23(16-30)29(27-24(26)17-8-9-21(33-3)22(15-17)34-4)19-10-12-28(13-11-19)25(32)18-6-5-7-20(31)14-18/h5-9,14-16,19,23,31H,10-13H2,1-4H3. The molecule has 1 unspecified atom stereocenters. The summed E-state index contributed by atoms with van der Waals surface area (Å²) >= 11 is 0. The van der Waals surface area contributed by atoms with Crippen LogP contribution >= 0.6 is 0 Å². The Morgan fingerprint density at radius 3 is 2.41 bits per heavy atom. The van der Waals surface area contributed by atoms with Crippen molar-refractivity contribution in [2.75, 3.05) is 27.3 Å². The number of likely N-dealkylation sites (tertiary alicyclic amines) is 1. The number of phenols is 1. The van der Waals surface area contributed by atoms with Gasteiger partial charge in [-0.05, 0) is 49.2 Å². The van der Waals surface area contributed by atoms with E-state index in [1.54, 1.807) is 37.3 Å². The van der Waals surface area contributed by atoms with Crippen LogP contribution in [0.4, 0.5) is 0 Å². The number of hydrazone groups is 1. The molecule has 34 heavy (non-hydrogen) atoms. The third-order valence-electron chi connectivity index (χ3n) is 6.86. The molecule has 2 heterocycles. The predicted molar refractivity (Wildman–Crippen MR) is 129 cm³/mol. The largest absolute Gasteiger partial charge is 0.508 e. The molecular weight excluding hydrogens is 434 g/mol. The molecule has 0 aliphatic carbocycles. The van der Waals surface area contributed by atoms with E-state index in [0.29, 0.717) is 43.0 Å². The summed E-state index contributed by atoms with van der Waals surface area (Å²) in [6, 6.07) is 11.7. The van der Waals surface area contributed by atoms with E-state index in [4.69, 9.17) is 14.6 Å². The number of carbonyl (C=O) groups is 2. The van der Waals surface area contributed by atoms with E-state index in [1.165, 1.54) is 6.07 Å². The molecule has 1 amide bonds. The Hall–Kier alpha value is -3.55. The molecule has 2 aromatic carbocycles. The lowest BCUT2D eigenvalue weighted by molar-refractivity contribution is -0.115. The van der Waals surface area contributed by atoms with Crippen molar-refractivity contribution in [1.82, 2.24) is 9.91 Å². The molecule has 0 spiro atoms. The number of rotatable bonds is 6. The van der Waals surface area contributed by atoms with Crippen LogP contribution in [0, 0.1) is 5.41 Å². The second-order valence-corrected chi connectivity index (χ2v) is 9.27. The summed E-state index contributed by atoms with van der Waals surface area (Å²) < 4.78 is 10.8. The number of aldehydes is 1. The molecule has 0 saturated carbocycles. The van der Waals surface area contributed by atoms with Gasteiger partial charge < -0.3 is 24.3 Å². The first-order valence-electron chi connectivity index (χ1n) is 11.4. The van der Waals surface area contributed by atoms with E-state index in [1.807, 2.05) is 37.1 Å². The highest BCUT2D eigenvalue weighted by Gasteiger charge is 2.47. The molecule has 180 valence electrons. The molecule has 0 radical (unpaired) electrons.